The Labute approximate surface area is 470 Å². The molecule has 23 heteroatoms. The van der Waals surface area contributed by atoms with Crippen LogP contribution in [0.2, 0.25) is 0 Å². The first-order valence-electron chi connectivity index (χ1n) is 23.1. The summed E-state index contributed by atoms with van der Waals surface area (Å²) in [5.74, 6) is -0.689. The van der Waals surface area contributed by atoms with Crippen molar-refractivity contribution in [3.63, 3.8) is 0 Å². The molecule has 7 rings (SSSR count). The van der Waals surface area contributed by atoms with Crippen molar-refractivity contribution >= 4 is 79.9 Å². The first kappa shape index (κ1) is 60.5. The van der Waals surface area contributed by atoms with E-state index in [0.717, 1.165) is 0 Å². The number of allylic oxidation sites excluding steroid dienone is 6. The van der Waals surface area contributed by atoms with Gasteiger partial charge in [-0.15, -0.1) is 0 Å². The van der Waals surface area contributed by atoms with Crippen LogP contribution in [0.4, 0.5) is 11.4 Å². The van der Waals surface area contributed by atoms with Gasteiger partial charge in [-0.25, -0.2) is 8.42 Å². The minimum absolute atomic E-state index is 0. The van der Waals surface area contributed by atoms with Crippen LogP contribution in [0, 0.1) is 0 Å². The summed E-state index contributed by atoms with van der Waals surface area (Å²) in [6.45, 7) is 13.5. The topological polar surface area (TPSA) is 270 Å². The van der Waals surface area contributed by atoms with Crippen molar-refractivity contribution in [2.45, 2.75) is 74.7 Å². The van der Waals surface area contributed by atoms with Crippen molar-refractivity contribution in [1.82, 2.24) is 15.6 Å². The summed E-state index contributed by atoms with van der Waals surface area (Å²) in [6, 6.07) is 25.1. The van der Waals surface area contributed by atoms with Gasteiger partial charge in [0.15, 0.2) is 12.3 Å². The second kappa shape index (κ2) is 24.3. The molecular formula is C52H55B2BrN5NaO12S2. The molecular weight excluding hydrogens is 1080 g/mol. The van der Waals surface area contributed by atoms with Crippen LogP contribution in [-0.2, 0) is 49.0 Å². The Balaban J connectivity index is 0.00000520. The van der Waals surface area contributed by atoms with Gasteiger partial charge in [-0.05, 0) is 104 Å². The summed E-state index contributed by atoms with van der Waals surface area (Å²) in [4.78, 5) is 31.0. The second-order valence-corrected chi connectivity index (χ2v) is 21.6. The van der Waals surface area contributed by atoms with E-state index in [1.807, 2.05) is 49.3 Å². The van der Waals surface area contributed by atoms with Gasteiger partial charge < -0.3 is 57.2 Å². The fourth-order valence-corrected chi connectivity index (χ4v) is 10.2. The predicted molar refractivity (Wildman–Crippen MR) is 278 cm³/mol. The Morgan fingerprint density at radius 2 is 1.43 bits per heavy atom. The van der Waals surface area contributed by atoms with Crippen LogP contribution in [0.5, 0.6) is 0 Å². The maximum absolute atomic E-state index is 13.3. The molecule has 75 heavy (non-hydrogen) atoms. The Morgan fingerprint density at radius 1 is 0.813 bits per heavy atom. The minimum Gasteiger partial charge on any atom is -1.00 e. The molecule has 3 heterocycles. The van der Waals surface area contributed by atoms with Gasteiger partial charge in [-0.1, -0.05) is 75.0 Å². The van der Waals surface area contributed by atoms with E-state index in [1.165, 1.54) is 30.5 Å². The first-order chi connectivity index (χ1) is 34.3. The van der Waals surface area contributed by atoms with E-state index in [2.05, 4.69) is 17.2 Å². The third-order valence-electron chi connectivity index (χ3n) is 13.1. The predicted octanol–water partition coefficient (Wildman–Crippen LogP) is -2.49. The third kappa shape index (κ3) is 13.4. The standard InChI is InChI=1S/C52H55B2N5O12S2.BrH.Na/c1-33(2)49(60)55-26-11-27-56-50(61)35-16-22-44(57-30-35)34(17-24-47-51(3,4)40-21-19-39(73(69,70)71)29-46(40)59(47)32-37-13-8-10-15-43(37)54(64)65)18-25-48-52(5,6)41-28-38(72(66,67)68)20-23-45(41)58(48)31-36-12-7-9-14-42(36)53(62)63;;/h7-10,12-25,28-30,62-65H,1,11,26-27,31-32H2,2-6H3,(H3-,55,56,60,61,66,67,68,69,70,71);1H;/q;;+1/p-1. The second-order valence-electron chi connectivity index (χ2n) is 18.8. The molecule has 1 aromatic heterocycles. The summed E-state index contributed by atoms with van der Waals surface area (Å²) in [5.41, 5.74) is 4.70. The fraction of sp³-hybridized carbons (Fsp3) is 0.231. The number of amides is 2. The normalized spacial score (nSPS) is 15.2. The van der Waals surface area contributed by atoms with Crippen molar-refractivity contribution in [2.75, 3.05) is 18.0 Å². The number of nitrogens with one attached hydrogen (secondary N) is 2. The minimum atomic E-state index is -4.86. The summed E-state index contributed by atoms with van der Waals surface area (Å²) in [6.07, 6.45) is 9.06. The largest absolute Gasteiger partial charge is 1.00 e. The first-order valence-corrected chi connectivity index (χ1v) is 26.0. The summed E-state index contributed by atoms with van der Waals surface area (Å²) in [7, 11) is -13.1. The zero-order valence-electron chi connectivity index (χ0n) is 42.2. The van der Waals surface area contributed by atoms with Gasteiger partial charge in [0.05, 0.1) is 21.6 Å². The molecule has 2 aliphatic heterocycles. The Kier molecular flexibility index (Phi) is 19.6. The van der Waals surface area contributed by atoms with E-state index in [4.69, 9.17) is 4.98 Å². The SMILES string of the molecule is C=C(C)C(=O)NCCCNC(=O)c1ccc(C(=C\C=C2/N(Cc3ccccc3B(O)O)c3ccc(S(=O)(=O)[O-])cc3C2(C)C)/C=C/C2=[N+](Cc3ccccc3B(O)O)c3cc(S(=O)(=O)O)ccc3C2(C)C)nc1.[Br-].[Na+]. The van der Waals surface area contributed by atoms with Gasteiger partial charge in [0.1, 0.15) is 15.0 Å². The smallest absolute Gasteiger partial charge is 1.00 e. The van der Waals surface area contributed by atoms with Crippen molar-refractivity contribution in [3.05, 3.63) is 179 Å². The number of rotatable bonds is 18. The molecule has 0 aliphatic carbocycles. The number of pyridine rings is 1. The zero-order valence-corrected chi connectivity index (χ0v) is 47.4. The molecule has 0 atom stereocenters. The molecule has 2 amide bonds. The number of aromatic nitrogens is 1. The van der Waals surface area contributed by atoms with E-state index in [1.54, 1.807) is 91.9 Å². The molecule has 0 saturated carbocycles. The monoisotopic (exact) mass is 1130 g/mol. The van der Waals surface area contributed by atoms with Crippen LogP contribution in [-0.4, -0.2) is 100 Å². The number of hydrogen-bond acceptors (Lipinski definition) is 13. The van der Waals surface area contributed by atoms with Crippen molar-refractivity contribution < 1.29 is 107 Å². The van der Waals surface area contributed by atoms with Gasteiger partial charge >= 0.3 is 43.8 Å². The molecule has 17 nitrogen and oxygen atoms in total. The molecule has 0 unspecified atom stereocenters. The molecule has 4 aromatic carbocycles. The van der Waals surface area contributed by atoms with Crippen molar-refractivity contribution in [1.29, 1.82) is 0 Å². The van der Waals surface area contributed by atoms with Crippen LogP contribution < -0.4 is 73.0 Å². The van der Waals surface area contributed by atoms with Gasteiger partial charge in [0, 0.05) is 77.0 Å². The van der Waals surface area contributed by atoms with Crippen molar-refractivity contribution in [2.24, 2.45) is 0 Å². The molecule has 0 spiro atoms. The third-order valence-corrected chi connectivity index (χ3v) is 14.8. The van der Waals surface area contributed by atoms with Crippen LogP contribution in [0.1, 0.15) is 79.3 Å². The molecule has 0 fully saturated rings. The van der Waals surface area contributed by atoms with Gasteiger partial charge in [-0.3, -0.25) is 19.1 Å². The maximum atomic E-state index is 13.3. The summed E-state index contributed by atoms with van der Waals surface area (Å²) < 4.78 is 74.0. The molecule has 7 N–H and O–H groups in total. The number of benzene rings is 4. The Morgan fingerprint density at radius 3 is 2.03 bits per heavy atom. The number of nitrogens with zero attached hydrogens (tertiary/aromatic N) is 3. The molecule has 2 aliphatic rings. The van der Waals surface area contributed by atoms with Crippen LogP contribution >= 0.6 is 0 Å². The van der Waals surface area contributed by atoms with Crippen molar-refractivity contribution in [3.8, 4) is 0 Å². The van der Waals surface area contributed by atoms with Crippen LogP contribution in [0.15, 0.2) is 155 Å². The molecule has 386 valence electrons. The fourth-order valence-electron chi connectivity index (χ4n) is 9.19. The van der Waals surface area contributed by atoms with E-state index >= 15 is 0 Å². The number of fused-ring (bicyclic) bond motifs is 2. The molecule has 5 aromatic rings. The van der Waals surface area contributed by atoms with Gasteiger partial charge in [-0.2, -0.15) is 13.0 Å². The number of carbonyl (C=O) groups is 2. The summed E-state index contributed by atoms with van der Waals surface area (Å²) >= 11 is 0. The number of hydrogen-bond donors (Lipinski definition) is 7. The van der Waals surface area contributed by atoms with Gasteiger partial charge in [0.25, 0.3) is 16.0 Å². The Hall–Kier alpha value is -5.33. The average molecular weight is 1130 g/mol. The molecule has 0 saturated heterocycles. The van der Waals surface area contributed by atoms with Gasteiger partial charge in [0.2, 0.25) is 11.6 Å². The van der Waals surface area contributed by atoms with E-state index in [9.17, 15) is 55.6 Å². The number of carbonyl (C=O) groups excluding carboxylic acids is 2. The maximum Gasteiger partial charge on any atom is 1.00 e. The quantitative estimate of drug-likeness (QED) is 0.0120. The van der Waals surface area contributed by atoms with E-state index in [0.29, 0.717) is 74.8 Å². The van der Waals surface area contributed by atoms with E-state index in [-0.39, 0.29) is 93.5 Å². The average Bonchev–Trinajstić information content (AvgIpc) is 3.67. The number of anilines is 1. The Bertz CT molecular complexity index is 3390. The number of halogens is 1. The summed E-state index contributed by atoms with van der Waals surface area (Å²) in [5, 5.41) is 47.0. The van der Waals surface area contributed by atoms with E-state index < -0.39 is 56.1 Å². The van der Waals surface area contributed by atoms with Crippen LogP contribution in [0.25, 0.3) is 5.57 Å². The molecule has 0 radical (unpaired) electrons. The molecule has 0 bridgehead atoms. The zero-order chi connectivity index (χ0) is 53.2. The van der Waals surface area contributed by atoms with Crippen LogP contribution in [0.3, 0.4) is 0 Å².